The molecule has 0 aliphatic carbocycles. The van der Waals surface area contributed by atoms with Crippen LogP contribution in [-0.4, -0.2) is 36.8 Å². The van der Waals surface area contributed by atoms with E-state index in [2.05, 4.69) is 10.3 Å². The van der Waals surface area contributed by atoms with Crippen LogP contribution >= 0.6 is 0 Å². The highest BCUT2D eigenvalue weighted by Gasteiger charge is 2.18. The number of ether oxygens (including phenoxy) is 2. The summed E-state index contributed by atoms with van der Waals surface area (Å²) >= 11 is 0. The average molecular weight is 288 g/mol. The number of amides is 1. The van der Waals surface area contributed by atoms with Crippen molar-refractivity contribution in [2.24, 2.45) is 0 Å². The quantitative estimate of drug-likeness (QED) is 0.908. The van der Waals surface area contributed by atoms with Crippen LogP contribution in [0, 0.1) is 0 Å². The third-order valence-corrected chi connectivity index (χ3v) is 3.64. The summed E-state index contributed by atoms with van der Waals surface area (Å²) in [6, 6.07) is 7.74. The summed E-state index contributed by atoms with van der Waals surface area (Å²) in [7, 11) is 0. The highest BCUT2D eigenvalue weighted by molar-refractivity contribution is 5.98. The van der Waals surface area contributed by atoms with E-state index in [-0.39, 0.29) is 11.9 Å². The molecule has 0 saturated carbocycles. The van der Waals surface area contributed by atoms with Crippen molar-refractivity contribution in [1.82, 2.24) is 10.3 Å². The molecule has 1 atom stereocenters. The molecule has 1 saturated heterocycles. The molecular weight excluding hydrogens is 268 g/mol. The molecule has 0 bridgehead atoms. The van der Waals surface area contributed by atoms with Gasteiger partial charge in [0.25, 0.3) is 5.91 Å². The number of carbonyl (C=O) groups is 1. The standard InChI is InChI=1S/C16H20N2O3/c1-2-21-13-5-6-14-11(8-13)9-15(18-14)16(19)17-12-4-3-7-20-10-12/h5-6,8-9,12,18H,2-4,7,10H2,1H3,(H,17,19). The lowest BCUT2D eigenvalue weighted by Gasteiger charge is -2.22. The highest BCUT2D eigenvalue weighted by Crippen LogP contribution is 2.22. The van der Waals surface area contributed by atoms with Crippen molar-refractivity contribution in [1.29, 1.82) is 0 Å². The summed E-state index contributed by atoms with van der Waals surface area (Å²) < 4.78 is 10.9. The SMILES string of the molecule is CCOc1ccc2[nH]c(C(=O)NC3CCCOC3)cc2c1. The van der Waals surface area contributed by atoms with E-state index >= 15 is 0 Å². The van der Waals surface area contributed by atoms with Crippen LogP contribution in [0.15, 0.2) is 24.3 Å². The van der Waals surface area contributed by atoms with Gasteiger partial charge < -0.3 is 19.8 Å². The minimum atomic E-state index is -0.0836. The Bertz CT molecular complexity index is 629. The van der Waals surface area contributed by atoms with E-state index in [1.165, 1.54) is 0 Å². The van der Waals surface area contributed by atoms with E-state index in [4.69, 9.17) is 9.47 Å². The summed E-state index contributed by atoms with van der Waals surface area (Å²) in [4.78, 5) is 15.4. The van der Waals surface area contributed by atoms with Crippen LogP contribution in [0.25, 0.3) is 10.9 Å². The maximum absolute atomic E-state index is 12.3. The first-order chi connectivity index (χ1) is 10.3. The molecule has 1 aliphatic rings. The van der Waals surface area contributed by atoms with E-state index in [1.807, 2.05) is 31.2 Å². The van der Waals surface area contributed by atoms with E-state index in [9.17, 15) is 4.79 Å². The summed E-state index contributed by atoms with van der Waals surface area (Å²) in [6.45, 7) is 3.97. The van der Waals surface area contributed by atoms with Gasteiger partial charge in [-0.05, 0) is 44.0 Å². The van der Waals surface area contributed by atoms with Crippen molar-refractivity contribution in [3.63, 3.8) is 0 Å². The first-order valence-corrected chi connectivity index (χ1v) is 7.40. The molecule has 0 spiro atoms. The molecule has 1 amide bonds. The van der Waals surface area contributed by atoms with E-state index in [0.29, 0.717) is 18.9 Å². The molecule has 1 aliphatic heterocycles. The minimum absolute atomic E-state index is 0.0836. The summed E-state index contributed by atoms with van der Waals surface area (Å²) in [6.07, 6.45) is 1.97. The fourth-order valence-corrected chi connectivity index (χ4v) is 2.61. The Kier molecular flexibility index (Phi) is 4.10. The second kappa shape index (κ2) is 6.18. The molecule has 2 heterocycles. The van der Waals surface area contributed by atoms with Gasteiger partial charge in [0.1, 0.15) is 11.4 Å². The van der Waals surface area contributed by atoms with Crippen LogP contribution in [0.3, 0.4) is 0 Å². The van der Waals surface area contributed by atoms with Gasteiger partial charge in [0.15, 0.2) is 0 Å². The number of aromatic nitrogens is 1. The first kappa shape index (κ1) is 13.9. The topological polar surface area (TPSA) is 63.4 Å². The lowest BCUT2D eigenvalue weighted by Crippen LogP contribution is -2.40. The Morgan fingerprint density at radius 3 is 3.14 bits per heavy atom. The second-order valence-corrected chi connectivity index (χ2v) is 5.25. The van der Waals surface area contributed by atoms with Gasteiger partial charge in [-0.25, -0.2) is 0 Å². The van der Waals surface area contributed by atoms with Crippen molar-refractivity contribution < 1.29 is 14.3 Å². The van der Waals surface area contributed by atoms with Crippen molar-refractivity contribution in [3.8, 4) is 5.75 Å². The van der Waals surface area contributed by atoms with Crippen molar-refractivity contribution in [2.45, 2.75) is 25.8 Å². The molecule has 3 rings (SSSR count). The van der Waals surface area contributed by atoms with Gasteiger partial charge in [0.05, 0.1) is 19.3 Å². The Hall–Kier alpha value is -2.01. The summed E-state index contributed by atoms with van der Waals surface area (Å²) in [5, 5.41) is 3.99. The number of H-pyrrole nitrogens is 1. The molecule has 0 radical (unpaired) electrons. The number of hydrogen-bond acceptors (Lipinski definition) is 3. The minimum Gasteiger partial charge on any atom is -0.494 e. The Balaban J connectivity index is 1.75. The third-order valence-electron chi connectivity index (χ3n) is 3.64. The zero-order valence-corrected chi connectivity index (χ0v) is 12.1. The first-order valence-electron chi connectivity index (χ1n) is 7.40. The van der Waals surface area contributed by atoms with Crippen molar-refractivity contribution in [3.05, 3.63) is 30.0 Å². The van der Waals surface area contributed by atoms with Crippen LogP contribution in [-0.2, 0) is 4.74 Å². The Morgan fingerprint density at radius 2 is 2.38 bits per heavy atom. The van der Waals surface area contributed by atoms with Crippen LogP contribution < -0.4 is 10.1 Å². The van der Waals surface area contributed by atoms with Crippen molar-refractivity contribution >= 4 is 16.8 Å². The van der Waals surface area contributed by atoms with Gasteiger partial charge >= 0.3 is 0 Å². The van der Waals surface area contributed by atoms with Crippen LogP contribution in [0.2, 0.25) is 0 Å². The number of hydrogen-bond donors (Lipinski definition) is 2. The second-order valence-electron chi connectivity index (χ2n) is 5.25. The molecule has 1 unspecified atom stereocenters. The van der Waals surface area contributed by atoms with Crippen LogP contribution in [0.5, 0.6) is 5.75 Å². The van der Waals surface area contributed by atoms with E-state index in [1.54, 1.807) is 0 Å². The zero-order valence-electron chi connectivity index (χ0n) is 12.1. The summed E-state index contributed by atoms with van der Waals surface area (Å²) in [5.74, 6) is 0.733. The lowest BCUT2D eigenvalue weighted by molar-refractivity contribution is 0.0622. The molecule has 2 aromatic rings. The normalized spacial score (nSPS) is 18.6. The zero-order chi connectivity index (χ0) is 14.7. The fraction of sp³-hybridized carbons (Fsp3) is 0.438. The number of aromatic amines is 1. The molecule has 1 fully saturated rings. The molecule has 5 heteroatoms. The Labute approximate surface area is 123 Å². The van der Waals surface area contributed by atoms with Crippen molar-refractivity contribution in [2.75, 3.05) is 19.8 Å². The van der Waals surface area contributed by atoms with Crippen LogP contribution in [0.1, 0.15) is 30.3 Å². The third kappa shape index (κ3) is 3.19. The van der Waals surface area contributed by atoms with Gasteiger partial charge in [-0.1, -0.05) is 0 Å². The Morgan fingerprint density at radius 1 is 1.48 bits per heavy atom. The maximum atomic E-state index is 12.3. The largest absolute Gasteiger partial charge is 0.494 e. The van der Waals surface area contributed by atoms with Gasteiger partial charge in [0, 0.05) is 17.5 Å². The van der Waals surface area contributed by atoms with Gasteiger partial charge in [-0.2, -0.15) is 0 Å². The smallest absolute Gasteiger partial charge is 0.268 e. The van der Waals surface area contributed by atoms with Crippen LogP contribution in [0.4, 0.5) is 0 Å². The number of fused-ring (bicyclic) bond motifs is 1. The molecular formula is C16H20N2O3. The monoisotopic (exact) mass is 288 g/mol. The molecule has 5 nitrogen and oxygen atoms in total. The predicted molar refractivity (Wildman–Crippen MR) is 80.8 cm³/mol. The number of nitrogens with one attached hydrogen (secondary N) is 2. The molecule has 1 aromatic carbocycles. The van der Waals surface area contributed by atoms with E-state index < -0.39 is 0 Å². The van der Waals surface area contributed by atoms with Gasteiger partial charge in [0.2, 0.25) is 0 Å². The molecule has 2 N–H and O–H groups in total. The number of carbonyl (C=O) groups excluding carboxylic acids is 1. The molecule has 112 valence electrons. The lowest BCUT2D eigenvalue weighted by atomic mass is 10.1. The highest BCUT2D eigenvalue weighted by atomic mass is 16.5. The maximum Gasteiger partial charge on any atom is 0.268 e. The summed E-state index contributed by atoms with van der Waals surface area (Å²) in [5.41, 5.74) is 1.51. The van der Waals surface area contributed by atoms with Gasteiger partial charge in [-0.15, -0.1) is 0 Å². The molecule has 1 aromatic heterocycles. The predicted octanol–water partition coefficient (Wildman–Crippen LogP) is 2.48. The number of rotatable bonds is 4. The fourth-order valence-electron chi connectivity index (χ4n) is 2.61. The molecule has 21 heavy (non-hydrogen) atoms. The van der Waals surface area contributed by atoms with E-state index in [0.717, 1.165) is 36.1 Å². The number of benzene rings is 1. The average Bonchev–Trinajstić information content (AvgIpc) is 2.92. The van der Waals surface area contributed by atoms with Gasteiger partial charge in [-0.3, -0.25) is 4.79 Å².